The van der Waals surface area contributed by atoms with Crippen molar-refractivity contribution in [3.05, 3.63) is 82.9 Å². The number of pyridine rings is 1. The summed E-state index contributed by atoms with van der Waals surface area (Å²) in [6.45, 7) is 3.83. The Morgan fingerprint density at radius 3 is 2.56 bits per heavy atom. The molecule has 0 aliphatic carbocycles. The van der Waals surface area contributed by atoms with Crippen molar-refractivity contribution in [2.45, 2.75) is 13.8 Å². The first-order valence-corrected chi connectivity index (χ1v) is 8.23. The first kappa shape index (κ1) is 18.1. The minimum Gasteiger partial charge on any atom is -0.478 e. The maximum Gasteiger partial charge on any atom is 0.335 e. The lowest BCUT2D eigenvalue weighted by atomic mass is 10.2. The molecule has 7 nitrogen and oxygen atoms in total. The highest BCUT2D eigenvalue weighted by Crippen LogP contribution is 2.20. The average Bonchev–Trinajstić information content (AvgIpc) is 2.96. The van der Waals surface area contributed by atoms with Gasteiger partial charge in [-0.3, -0.25) is 9.78 Å². The summed E-state index contributed by atoms with van der Waals surface area (Å²) >= 11 is 0. The van der Waals surface area contributed by atoms with Crippen LogP contribution in [0.5, 0.6) is 0 Å². The van der Waals surface area contributed by atoms with Crippen LogP contribution in [0.25, 0.3) is 5.69 Å². The molecule has 7 heteroatoms. The highest BCUT2D eigenvalue weighted by atomic mass is 16.4. The van der Waals surface area contributed by atoms with Gasteiger partial charge in [0.05, 0.1) is 11.8 Å². The fourth-order valence-electron chi connectivity index (χ4n) is 2.82. The molecule has 1 amide bonds. The van der Waals surface area contributed by atoms with Crippen molar-refractivity contribution >= 4 is 18.1 Å². The Balaban J connectivity index is 1.83. The summed E-state index contributed by atoms with van der Waals surface area (Å²) < 4.78 is 1.94. The first-order valence-electron chi connectivity index (χ1n) is 8.23. The number of carboxylic acid groups (broad SMARTS) is 1. The standard InChI is InChI=1S/C20H18N4O3/c1-13-10-17(12-22-23-19(25)15-6-8-21-9-7-15)14(2)24(13)18-5-3-4-16(11-18)20(26)27/h3-12H,1-2H3,(H,23,25)(H,26,27)/b22-12+. The zero-order chi connectivity index (χ0) is 19.4. The lowest BCUT2D eigenvalue weighted by Gasteiger charge is -2.10. The molecule has 3 rings (SSSR count). The van der Waals surface area contributed by atoms with Gasteiger partial charge in [-0.15, -0.1) is 0 Å². The van der Waals surface area contributed by atoms with E-state index in [9.17, 15) is 14.7 Å². The molecule has 0 spiro atoms. The van der Waals surface area contributed by atoms with E-state index in [1.165, 1.54) is 12.4 Å². The molecule has 0 atom stereocenters. The molecule has 0 aliphatic rings. The van der Waals surface area contributed by atoms with Crippen LogP contribution in [0.3, 0.4) is 0 Å². The third kappa shape index (κ3) is 3.92. The second-order valence-electron chi connectivity index (χ2n) is 5.95. The molecule has 0 radical (unpaired) electrons. The summed E-state index contributed by atoms with van der Waals surface area (Å²) in [6, 6.07) is 11.9. The van der Waals surface area contributed by atoms with Crippen LogP contribution in [0.2, 0.25) is 0 Å². The molecule has 0 fully saturated rings. The fourth-order valence-corrected chi connectivity index (χ4v) is 2.82. The van der Waals surface area contributed by atoms with Crippen LogP contribution >= 0.6 is 0 Å². The Kier molecular flexibility index (Phi) is 5.12. The van der Waals surface area contributed by atoms with E-state index in [0.717, 1.165) is 22.6 Å². The molecule has 0 aliphatic heterocycles. The van der Waals surface area contributed by atoms with Crippen molar-refractivity contribution < 1.29 is 14.7 Å². The fraction of sp³-hybridized carbons (Fsp3) is 0.100. The molecule has 0 bridgehead atoms. The highest BCUT2D eigenvalue weighted by Gasteiger charge is 2.11. The molecule has 2 heterocycles. The second-order valence-corrected chi connectivity index (χ2v) is 5.95. The first-order chi connectivity index (χ1) is 13.0. The Hall–Kier alpha value is -3.74. The van der Waals surface area contributed by atoms with Crippen LogP contribution in [0.4, 0.5) is 0 Å². The van der Waals surface area contributed by atoms with Gasteiger partial charge in [-0.25, -0.2) is 10.2 Å². The Morgan fingerprint density at radius 1 is 1.11 bits per heavy atom. The number of carbonyl (C=O) groups excluding carboxylic acids is 1. The number of aromatic nitrogens is 2. The van der Waals surface area contributed by atoms with Crippen molar-refractivity contribution in [1.82, 2.24) is 15.0 Å². The van der Waals surface area contributed by atoms with Crippen LogP contribution in [-0.4, -0.2) is 32.7 Å². The predicted octanol–water partition coefficient (Wildman–Crippen LogP) is 2.95. The molecular weight excluding hydrogens is 344 g/mol. The lowest BCUT2D eigenvalue weighted by molar-refractivity contribution is 0.0696. The topological polar surface area (TPSA) is 96.6 Å². The quantitative estimate of drug-likeness (QED) is 0.539. The highest BCUT2D eigenvalue weighted by molar-refractivity contribution is 5.94. The van der Waals surface area contributed by atoms with E-state index in [-0.39, 0.29) is 11.5 Å². The monoisotopic (exact) mass is 362 g/mol. The summed E-state index contributed by atoms with van der Waals surface area (Å²) in [4.78, 5) is 27.1. The second kappa shape index (κ2) is 7.65. The predicted molar refractivity (Wildman–Crippen MR) is 101 cm³/mol. The number of aryl methyl sites for hydroxylation is 1. The van der Waals surface area contributed by atoms with Crippen LogP contribution in [0.15, 0.2) is 60.0 Å². The van der Waals surface area contributed by atoms with Gasteiger partial charge in [-0.1, -0.05) is 6.07 Å². The number of rotatable bonds is 5. The molecule has 2 aromatic heterocycles. The largest absolute Gasteiger partial charge is 0.478 e. The third-order valence-electron chi connectivity index (χ3n) is 4.13. The molecule has 2 N–H and O–H groups in total. The summed E-state index contributed by atoms with van der Waals surface area (Å²) in [5, 5.41) is 13.2. The van der Waals surface area contributed by atoms with Gasteiger partial charge in [0.15, 0.2) is 0 Å². The minimum atomic E-state index is -0.972. The molecule has 27 heavy (non-hydrogen) atoms. The Bertz CT molecular complexity index is 1020. The molecular formula is C20H18N4O3. The molecule has 0 unspecified atom stereocenters. The number of benzene rings is 1. The Morgan fingerprint density at radius 2 is 1.85 bits per heavy atom. The number of nitrogens with zero attached hydrogens (tertiary/aromatic N) is 3. The molecule has 0 saturated carbocycles. The van der Waals surface area contributed by atoms with Crippen LogP contribution in [0, 0.1) is 13.8 Å². The minimum absolute atomic E-state index is 0.222. The number of carbonyl (C=O) groups is 2. The summed E-state index contributed by atoms with van der Waals surface area (Å²) in [7, 11) is 0. The van der Waals surface area contributed by atoms with Crippen molar-refractivity contribution in [3.63, 3.8) is 0 Å². The van der Waals surface area contributed by atoms with Crippen molar-refractivity contribution in [2.75, 3.05) is 0 Å². The Labute approximate surface area is 156 Å². The number of hydrazone groups is 1. The normalized spacial score (nSPS) is 10.9. The van der Waals surface area contributed by atoms with E-state index in [1.807, 2.05) is 30.5 Å². The zero-order valence-electron chi connectivity index (χ0n) is 14.9. The molecule has 3 aromatic rings. The van der Waals surface area contributed by atoms with E-state index in [1.54, 1.807) is 36.5 Å². The van der Waals surface area contributed by atoms with E-state index in [2.05, 4.69) is 15.5 Å². The van der Waals surface area contributed by atoms with E-state index in [4.69, 9.17) is 0 Å². The summed E-state index contributed by atoms with van der Waals surface area (Å²) in [6.07, 6.45) is 4.65. The lowest BCUT2D eigenvalue weighted by Crippen LogP contribution is -2.17. The van der Waals surface area contributed by atoms with Crippen molar-refractivity contribution in [3.8, 4) is 5.69 Å². The zero-order valence-corrected chi connectivity index (χ0v) is 14.9. The van der Waals surface area contributed by atoms with Gasteiger partial charge >= 0.3 is 5.97 Å². The van der Waals surface area contributed by atoms with Gasteiger partial charge in [0.2, 0.25) is 0 Å². The number of hydrogen-bond acceptors (Lipinski definition) is 4. The third-order valence-corrected chi connectivity index (χ3v) is 4.13. The SMILES string of the molecule is Cc1cc(/C=N/NC(=O)c2ccncc2)c(C)n1-c1cccc(C(=O)O)c1. The molecule has 1 aromatic carbocycles. The molecule has 0 saturated heterocycles. The smallest absolute Gasteiger partial charge is 0.335 e. The number of carboxylic acids is 1. The van der Waals surface area contributed by atoms with E-state index < -0.39 is 5.97 Å². The van der Waals surface area contributed by atoms with Crippen molar-refractivity contribution in [1.29, 1.82) is 0 Å². The van der Waals surface area contributed by atoms with Gasteiger partial charge in [-0.05, 0) is 50.2 Å². The average molecular weight is 362 g/mol. The van der Waals surface area contributed by atoms with E-state index >= 15 is 0 Å². The van der Waals surface area contributed by atoms with Gasteiger partial charge in [0, 0.05) is 40.6 Å². The molecule has 136 valence electrons. The van der Waals surface area contributed by atoms with Crippen LogP contribution in [-0.2, 0) is 0 Å². The van der Waals surface area contributed by atoms with Crippen molar-refractivity contribution in [2.24, 2.45) is 5.10 Å². The number of aromatic carboxylic acids is 1. The van der Waals surface area contributed by atoms with Gasteiger partial charge in [0.25, 0.3) is 5.91 Å². The van der Waals surface area contributed by atoms with Crippen LogP contribution < -0.4 is 5.43 Å². The van der Waals surface area contributed by atoms with Gasteiger partial charge < -0.3 is 9.67 Å². The number of nitrogens with one attached hydrogen (secondary N) is 1. The maximum absolute atomic E-state index is 12.0. The summed E-state index contributed by atoms with van der Waals surface area (Å²) in [5.74, 6) is -1.29. The maximum atomic E-state index is 12.0. The van der Waals surface area contributed by atoms with Gasteiger partial charge in [-0.2, -0.15) is 5.10 Å². The van der Waals surface area contributed by atoms with Crippen LogP contribution in [0.1, 0.15) is 37.7 Å². The van der Waals surface area contributed by atoms with Gasteiger partial charge in [0.1, 0.15) is 0 Å². The summed E-state index contributed by atoms with van der Waals surface area (Å²) in [5.41, 5.74) is 6.57. The van der Waals surface area contributed by atoms with E-state index in [0.29, 0.717) is 5.56 Å². The number of amides is 1. The number of hydrogen-bond donors (Lipinski definition) is 2.